The molecule has 2 aromatic rings. The molecular weight excluding hydrogens is 296 g/mol. The average Bonchev–Trinajstić information content (AvgIpc) is 2.78. The molecule has 1 aromatic carbocycles. The molecule has 0 amide bonds. The second-order valence-corrected chi connectivity index (χ2v) is 7.15. The Balaban J connectivity index is 2.82. The van der Waals surface area contributed by atoms with E-state index in [1.54, 1.807) is 12.1 Å². The monoisotopic (exact) mass is 314 g/mol. The molecule has 0 aliphatic heterocycles. The highest BCUT2D eigenvalue weighted by atomic mass is 35.5. The van der Waals surface area contributed by atoms with Crippen LogP contribution in [0.5, 0.6) is 0 Å². The van der Waals surface area contributed by atoms with Crippen molar-refractivity contribution in [1.82, 2.24) is 9.55 Å². The normalized spacial score (nSPS) is 12.4. The first kappa shape index (κ1) is 15.3. The molecule has 0 aliphatic carbocycles. The Bertz CT molecular complexity index is 718. The standard InChI is InChI=1S/C14H19ClN2O2S/c1-4-10(5-2)17-11-7-6-8-12(20(3,18)19)14(11)16-13(17)9-15/h6-8,10H,4-5,9H2,1-3H3. The number of benzene rings is 1. The van der Waals surface area contributed by atoms with Crippen LogP contribution in [0.4, 0.5) is 0 Å². The highest BCUT2D eigenvalue weighted by molar-refractivity contribution is 7.91. The van der Waals surface area contributed by atoms with Gasteiger partial charge < -0.3 is 4.57 Å². The molecule has 0 bridgehead atoms. The van der Waals surface area contributed by atoms with Crippen molar-refractivity contribution in [3.8, 4) is 0 Å². The van der Waals surface area contributed by atoms with Gasteiger partial charge in [0.2, 0.25) is 0 Å². The molecule has 110 valence electrons. The molecule has 20 heavy (non-hydrogen) atoms. The van der Waals surface area contributed by atoms with E-state index in [-0.39, 0.29) is 16.8 Å². The number of nitrogens with zero attached hydrogens (tertiary/aromatic N) is 2. The summed E-state index contributed by atoms with van der Waals surface area (Å²) in [6.07, 6.45) is 3.11. The van der Waals surface area contributed by atoms with Crippen LogP contribution in [0.1, 0.15) is 38.6 Å². The zero-order valence-corrected chi connectivity index (χ0v) is 13.5. The van der Waals surface area contributed by atoms with Gasteiger partial charge in [0.15, 0.2) is 9.84 Å². The number of rotatable bonds is 5. The van der Waals surface area contributed by atoms with Crippen molar-refractivity contribution in [1.29, 1.82) is 0 Å². The molecule has 1 aromatic heterocycles. The first-order valence-electron chi connectivity index (χ1n) is 6.69. The van der Waals surface area contributed by atoms with Crippen LogP contribution in [0.15, 0.2) is 23.1 Å². The molecule has 0 atom stereocenters. The van der Waals surface area contributed by atoms with Crippen molar-refractivity contribution in [3.63, 3.8) is 0 Å². The number of hydrogen-bond donors (Lipinski definition) is 0. The fourth-order valence-electron chi connectivity index (χ4n) is 2.59. The van der Waals surface area contributed by atoms with Gasteiger partial charge in [-0.1, -0.05) is 19.9 Å². The SMILES string of the molecule is CCC(CC)n1c(CCl)nc2c(S(C)(=O)=O)cccc21. The van der Waals surface area contributed by atoms with Crippen LogP contribution in [0.3, 0.4) is 0 Å². The van der Waals surface area contributed by atoms with Gasteiger partial charge in [0.05, 0.1) is 16.3 Å². The topological polar surface area (TPSA) is 52.0 Å². The first-order valence-corrected chi connectivity index (χ1v) is 9.12. The molecule has 0 aliphatic rings. The zero-order chi connectivity index (χ0) is 14.9. The van der Waals surface area contributed by atoms with E-state index < -0.39 is 9.84 Å². The molecule has 4 nitrogen and oxygen atoms in total. The smallest absolute Gasteiger partial charge is 0.177 e. The molecule has 0 unspecified atom stereocenters. The Hall–Kier alpha value is -1.07. The fraction of sp³-hybridized carbons (Fsp3) is 0.500. The Morgan fingerprint density at radius 1 is 1.30 bits per heavy atom. The summed E-state index contributed by atoms with van der Waals surface area (Å²) < 4.78 is 25.8. The molecule has 1 heterocycles. The lowest BCUT2D eigenvalue weighted by Gasteiger charge is -2.18. The maximum absolute atomic E-state index is 11.9. The van der Waals surface area contributed by atoms with E-state index in [0.29, 0.717) is 5.52 Å². The molecule has 0 saturated carbocycles. The van der Waals surface area contributed by atoms with Crippen molar-refractivity contribution in [2.45, 2.75) is 43.5 Å². The van der Waals surface area contributed by atoms with E-state index in [0.717, 1.165) is 24.2 Å². The summed E-state index contributed by atoms with van der Waals surface area (Å²) in [5.74, 6) is 1.00. The minimum atomic E-state index is -3.30. The number of aromatic nitrogens is 2. The van der Waals surface area contributed by atoms with E-state index in [1.807, 2.05) is 6.07 Å². The molecule has 2 rings (SSSR count). The molecule has 0 saturated heterocycles. The van der Waals surface area contributed by atoms with Crippen molar-refractivity contribution in [3.05, 3.63) is 24.0 Å². The predicted molar refractivity (Wildman–Crippen MR) is 82.0 cm³/mol. The molecule has 6 heteroatoms. The Labute approximate surface area is 124 Å². The van der Waals surface area contributed by atoms with Gasteiger partial charge in [-0.2, -0.15) is 0 Å². The zero-order valence-electron chi connectivity index (χ0n) is 11.9. The van der Waals surface area contributed by atoms with Gasteiger partial charge in [0, 0.05) is 12.3 Å². The Morgan fingerprint density at radius 3 is 2.45 bits per heavy atom. The van der Waals surface area contributed by atoms with Crippen LogP contribution in [0, 0.1) is 0 Å². The van der Waals surface area contributed by atoms with Gasteiger partial charge in [-0.05, 0) is 25.0 Å². The minimum Gasteiger partial charge on any atom is -0.324 e. The lowest BCUT2D eigenvalue weighted by atomic mass is 10.1. The average molecular weight is 315 g/mol. The van der Waals surface area contributed by atoms with Gasteiger partial charge in [0.1, 0.15) is 11.3 Å². The minimum absolute atomic E-state index is 0.270. The van der Waals surface area contributed by atoms with Gasteiger partial charge in [-0.15, -0.1) is 11.6 Å². The Kier molecular flexibility index (Phi) is 4.39. The van der Waals surface area contributed by atoms with Gasteiger partial charge >= 0.3 is 0 Å². The maximum Gasteiger partial charge on any atom is 0.177 e. The van der Waals surface area contributed by atoms with Crippen LogP contribution in [0.25, 0.3) is 11.0 Å². The summed E-state index contributed by atoms with van der Waals surface area (Å²) in [5.41, 5.74) is 1.37. The van der Waals surface area contributed by atoms with E-state index in [9.17, 15) is 8.42 Å². The highest BCUT2D eigenvalue weighted by Gasteiger charge is 2.21. The van der Waals surface area contributed by atoms with E-state index in [1.165, 1.54) is 6.26 Å². The van der Waals surface area contributed by atoms with E-state index in [2.05, 4.69) is 23.4 Å². The van der Waals surface area contributed by atoms with Crippen LogP contribution < -0.4 is 0 Å². The third-order valence-corrected chi connectivity index (χ3v) is 4.95. The predicted octanol–water partition coefficient (Wildman–Crippen LogP) is 3.54. The summed E-state index contributed by atoms with van der Waals surface area (Å²) >= 11 is 6.00. The van der Waals surface area contributed by atoms with Crippen molar-refractivity contribution >= 4 is 32.5 Å². The van der Waals surface area contributed by atoms with Crippen LogP contribution in [0.2, 0.25) is 0 Å². The van der Waals surface area contributed by atoms with E-state index in [4.69, 9.17) is 11.6 Å². The fourth-order valence-corrected chi connectivity index (χ4v) is 3.61. The Morgan fingerprint density at radius 2 is 1.95 bits per heavy atom. The van der Waals surface area contributed by atoms with Crippen molar-refractivity contribution in [2.75, 3.05) is 6.26 Å². The van der Waals surface area contributed by atoms with Crippen LogP contribution >= 0.6 is 11.6 Å². The lowest BCUT2D eigenvalue weighted by Crippen LogP contribution is -2.10. The third-order valence-electron chi connectivity index (χ3n) is 3.58. The number of halogens is 1. The first-order chi connectivity index (χ1) is 9.43. The van der Waals surface area contributed by atoms with Gasteiger partial charge in [-0.3, -0.25) is 0 Å². The maximum atomic E-state index is 11.9. The summed E-state index contributed by atoms with van der Waals surface area (Å²) in [7, 11) is -3.30. The number of hydrogen-bond acceptors (Lipinski definition) is 3. The number of alkyl halides is 1. The molecular formula is C14H19ClN2O2S. The molecule has 0 spiro atoms. The van der Waals surface area contributed by atoms with Gasteiger partial charge in [-0.25, -0.2) is 13.4 Å². The van der Waals surface area contributed by atoms with Crippen molar-refractivity contribution in [2.24, 2.45) is 0 Å². The molecule has 0 N–H and O–H groups in total. The van der Waals surface area contributed by atoms with Crippen LogP contribution in [-0.2, 0) is 15.7 Å². The second kappa shape index (κ2) is 5.74. The van der Waals surface area contributed by atoms with Gasteiger partial charge in [0.25, 0.3) is 0 Å². The number of imidazole rings is 1. The number of para-hydroxylation sites is 1. The summed E-state index contributed by atoms with van der Waals surface area (Å²) in [5, 5.41) is 0. The quantitative estimate of drug-likeness (QED) is 0.793. The summed E-state index contributed by atoms with van der Waals surface area (Å²) in [4.78, 5) is 4.74. The van der Waals surface area contributed by atoms with Crippen molar-refractivity contribution < 1.29 is 8.42 Å². The lowest BCUT2D eigenvalue weighted by molar-refractivity contribution is 0.472. The molecule has 0 radical (unpaired) electrons. The molecule has 0 fully saturated rings. The van der Waals surface area contributed by atoms with Crippen LogP contribution in [-0.4, -0.2) is 24.2 Å². The summed E-state index contributed by atoms with van der Waals surface area (Å²) in [6.45, 7) is 4.22. The largest absolute Gasteiger partial charge is 0.324 e. The third kappa shape index (κ3) is 2.56. The highest BCUT2D eigenvalue weighted by Crippen LogP contribution is 2.29. The second-order valence-electron chi connectivity index (χ2n) is 4.90. The number of fused-ring (bicyclic) bond motifs is 1. The van der Waals surface area contributed by atoms with E-state index >= 15 is 0 Å². The number of sulfone groups is 1. The summed E-state index contributed by atoms with van der Waals surface area (Å²) in [6, 6.07) is 5.55.